The topological polar surface area (TPSA) is 26.3 Å². The van der Waals surface area contributed by atoms with Crippen LogP contribution in [0.3, 0.4) is 0 Å². The highest BCUT2D eigenvalue weighted by molar-refractivity contribution is 5.99. The van der Waals surface area contributed by atoms with Crippen LogP contribution in [-0.4, -0.2) is 18.0 Å². The van der Waals surface area contributed by atoms with Crippen LogP contribution >= 0.6 is 0 Å². The van der Waals surface area contributed by atoms with Gasteiger partial charge in [0.25, 0.3) is 0 Å². The van der Waals surface area contributed by atoms with Gasteiger partial charge in [0.1, 0.15) is 0 Å². The zero-order valence-electron chi connectivity index (χ0n) is 12.4. The fourth-order valence-corrected chi connectivity index (χ4v) is 3.87. The molecular formula is C18H24O2. The number of ketones is 1. The molecule has 0 bridgehead atoms. The van der Waals surface area contributed by atoms with Gasteiger partial charge in [-0.15, -0.1) is 0 Å². The second-order valence-corrected chi connectivity index (χ2v) is 6.46. The van der Waals surface area contributed by atoms with Gasteiger partial charge in [-0.2, -0.15) is 0 Å². The molecule has 20 heavy (non-hydrogen) atoms. The number of carbonyl (C=O) groups excluding carboxylic acids is 1. The van der Waals surface area contributed by atoms with E-state index >= 15 is 0 Å². The Hall–Kier alpha value is -1.15. The van der Waals surface area contributed by atoms with Gasteiger partial charge in [-0.25, -0.2) is 0 Å². The van der Waals surface area contributed by atoms with Crippen molar-refractivity contribution in [2.45, 2.75) is 57.5 Å². The van der Waals surface area contributed by atoms with E-state index < -0.39 is 0 Å². The molecule has 0 radical (unpaired) electrons. The Balaban J connectivity index is 1.77. The molecule has 0 aromatic heterocycles. The Morgan fingerprint density at radius 1 is 1.20 bits per heavy atom. The second kappa shape index (κ2) is 5.69. The summed E-state index contributed by atoms with van der Waals surface area (Å²) < 4.78 is 6.10. The number of Topliss-reactive ketones (excluding diaryl/α,β-unsaturated/α-hetero) is 1. The van der Waals surface area contributed by atoms with Crippen LogP contribution in [0.5, 0.6) is 0 Å². The Morgan fingerprint density at radius 2 is 1.95 bits per heavy atom. The molecule has 1 aromatic carbocycles. The van der Waals surface area contributed by atoms with Gasteiger partial charge < -0.3 is 4.74 Å². The third-order valence-corrected chi connectivity index (χ3v) is 5.04. The lowest BCUT2D eigenvalue weighted by Crippen LogP contribution is -2.43. The van der Waals surface area contributed by atoms with Gasteiger partial charge in [0.05, 0.1) is 5.60 Å². The Morgan fingerprint density at radius 3 is 2.70 bits per heavy atom. The molecule has 1 aromatic rings. The van der Waals surface area contributed by atoms with Crippen molar-refractivity contribution in [3.8, 4) is 0 Å². The average molecular weight is 272 g/mol. The minimum atomic E-state index is 0.0134. The lowest BCUT2D eigenvalue weighted by Gasteiger charge is -2.43. The lowest BCUT2D eigenvalue weighted by molar-refractivity contribution is -0.111. The largest absolute Gasteiger partial charge is 0.375 e. The number of rotatable bonds is 2. The Bertz CT molecular complexity index is 480. The van der Waals surface area contributed by atoms with Gasteiger partial charge in [0, 0.05) is 18.1 Å². The van der Waals surface area contributed by atoms with Crippen LogP contribution in [0.25, 0.3) is 0 Å². The predicted octanol–water partition coefficient (Wildman–Crippen LogP) is 4.31. The molecule has 2 aliphatic rings. The summed E-state index contributed by atoms with van der Waals surface area (Å²) in [5.41, 5.74) is 2.02. The van der Waals surface area contributed by atoms with E-state index in [4.69, 9.17) is 4.74 Å². The van der Waals surface area contributed by atoms with Crippen molar-refractivity contribution in [1.29, 1.82) is 0 Å². The first-order valence-corrected chi connectivity index (χ1v) is 7.94. The molecule has 3 rings (SSSR count). The van der Waals surface area contributed by atoms with Crippen molar-refractivity contribution in [3.05, 3.63) is 35.4 Å². The summed E-state index contributed by atoms with van der Waals surface area (Å²) in [4.78, 5) is 12.8. The molecule has 0 N–H and O–H groups in total. The number of ether oxygens (including phenoxy) is 1. The van der Waals surface area contributed by atoms with Crippen molar-refractivity contribution in [1.82, 2.24) is 0 Å². The minimum Gasteiger partial charge on any atom is -0.375 e. The first kappa shape index (κ1) is 13.8. The molecule has 1 atom stereocenters. The first-order chi connectivity index (χ1) is 9.70. The standard InChI is InChI=1S/C18H24O2/c1-14-7-3-4-8-16(14)17(19)15-9-12-20-18(13-15)10-5-2-6-11-18/h3-4,7-8,15H,2,5-6,9-13H2,1H3. The number of carbonyl (C=O) groups is 1. The van der Waals surface area contributed by atoms with E-state index in [1.54, 1.807) is 0 Å². The monoisotopic (exact) mass is 272 g/mol. The maximum Gasteiger partial charge on any atom is 0.166 e. The smallest absolute Gasteiger partial charge is 0.166 e. The molecule has 1 aliphatic carbocycles. The van der Waals surface area contributed by atoms with Crippen LogP contribution in [0.15, 0.2) is 24.3 Å². The molecule has 1 spiro atoms. The molecule has 2 fully saturated rings. The molecule has 2 heteroatoms. The molecule has 108 valence electrons. The summed E-state index contributed by atoms with van der Waals surface area (Å²) in [6, 6.07) is 7.97. The van der Waals surface area contributed by atoms with Crippen LogP contribution < -0.4 is 0 Å². The first-order valence-electron chi connectivity index (χ1n) is 7.94. The summed E-state index contributed by atoms with van der Waals surface area (Å²) in [6.45, 7) is 2.78. The summed E-state index contributed by atoms with van der Waals surface area (Å²) in [6.07, 6.45) is 7.93. The molecule has 1 aliphatic heterocycles. The van der Waals surface area contributed by atoms with Gasteiger partial charge in [0.2, 0.25) is 0 Å². The third kappa shape index (κ3) is 2.67. The zero-order chi connectivity index (χ0) is 14.0. The van der Waals surface area contributed by atoms with Crippen LogP contribution in [0.1, 0.15) is 60.9 Å². The van der Waals surface area contributed by atoms with Gasteiger partial charge in [-0.05, 0) is 38.2 Å². The molecule has 1 saturated heterocycles. The van der Waals surface area contributed by atoms with Crippen molar-refractivity contribution < 1.29 is 9.53 Å². The Kier molecular flexibility index (Phi) is 3.93. The van der Waals surface area contributed by atoms with Crippen LogP contribution in [0.2, 0.25) is 0 Å². The van der Waals surface area contributed by atoms with E-state index in [-0.39, 0.29) is 11.5 Å². The third-order valence-electron chi connectivity index (χ3n) is 5.04. The fraction of sp³-hybridized carbons (Fsp3) is 0.611. The summed E-state index contributed by atoms with van der Waals surface area (Å²) in [5, 5.41) is 0. The van der Waals surface area contributed by atoms with Gasteiger partial charge in [-0.3, -0.25) is 4.79 Å². The van der Waals surface area contributed by atoms with E-state index in [0.29, 0.717) is 5.78 Å². The maximum absolute atomic E-state index is 12.8. The molecule has 0 amide bonds. The molecule has 1 heterocycles. The molecule has 1 unspecified atom stereocenters. The highest BCUT2D eigenvalue weighted by atomic mass is 16.5. The van der Waals surface area contributed by atoms with Crippen molar-refractivity contribution in [3.63, 3.8) is 0 Å². The van der Waals surface area contributed by atoms with E-state index in [2.05, 4.69) is 0 Å². The van der Waals surface area contributed by atoms with Crippen LogP contribution in [0.4, 0.5) is 0 Å². The van der Waals surface area contributed by atoms with Crippen LogP contribution in [-0.2, 0) is 4.74 Å². The van der Waals surface area contributed by atoms with Gasteiger partial charge >= 0.3 is 0 Å². The fourth-order valence-electron chi connectivity index (χ4n) is 3.87. The predicted molar refractivity (Wildman–Crippen MR) is 80.0 cm³/mol. The van der Waals surface area contributed by atoms with E-state index in [0.717, 1.165) is 43.4 Å². The van der Waals surface area contributed by atoms with Crippen LogP contribution in [0, 0.1) is 12.8 Å². The Labute approximate surface area is 121 Å². The quantitative estimate of drug-likeness (QED) is 0.750. The lowest BCUT2D eigenvalue weighted by atomic mass is 9.74. The summed E-state index contributed by atoms with van der Waals surface area (Å²) >= 11 is 0. The number of hydrogen-bond donors (Lipinski definition) is 0. The maximum atomic E-state index is 12.8. The molecule has 1 saturated carbocycles. The normalized spacial score (nSPS) is 25.6. The summed E-state index contributed by atoms with van der Waals surface area (Å²) in [5.74, 6) is 0.485. The van der Waals surface area contributed by atoms with E-state index in [1.807, 2.05) is 31.2 Å². The SMILES string of the molecule is Cc1ccccc1C(=O)C1CCOC2(CCCCC2)C1. The number of aryl methyl sites for hydroxylation is 1. The average Bonchev–Trinajstić information content (AvgIpc) is 2.48. The zero-order valence-corrected chi connectivity index (χ0v) is 12.4. The molecule has 2 nitrogen and oxygen atoms in total. The van der Waals surface area contributed by atoms with Gasteiger partial charge in [-0.1, -0.05) is 43.5 Å². The number of hydrogen-bond acceptors (Lipinski definition) is 2. The summed E-state index contributed by atoms with van der Waals surface area (Å²) in [7, 11) is 0. The van der Waals surface area contributed by atoms with Crippen molar-refractivity contribution >= 4 is 5.78 Å². The van der Waals surface area contributed by atoms with Gasteiger partial charge in [0.15, 0.2) is 5.78 Å². The minimum absolute atomic E-state index is 0.0134. The second-order valence-electron chi connectivity index (χ2n) is 6.46. The van der Waals surface area contributed by atoms with E-state index in [9.17, 15) is 4.79 Å². The molecular weight excluding hydrogens is 248 g/mol. The van der Waals surface area contributed by atoms with E-state index in [1.165, 1.54) is 19.3 Å². The van der Waals surface area contributed by atoms with Crippen molar-refractivity contribution in [2.24, 2.45) is 5.92 Å². The highest BCUT2D eigenvalue weighted by Gasteiger charge is 2.40. The number of benzene rings is 1. The van der Waals surface area contributed by atoms with Crippen molar-refractivity contribution in [2.75, 3.05) is 6.61 Å². The highest BCUT2D eigenvalue weighted by Crippen LogP contribution is 2.41.